The van der Waals surface area contributed by atoms with Crippen LogP contribution in [0.4, 0.5) is 15.8 Å². The van der Waals surface area contributed by atoms with E-state index in [9.17, 15) is 4.39 Å². The first-order chi connectivity index (χ1) is 16.2. The van der Waals surface area contributed by atoms with Crippen LogP contribution in [0.1, 0.15) is 56.6 Å². The molecule has 2 nitrogen and oxygen atoms in total. The lowest BCUT2D eigenvalue weighted by Gasteiger charge is -2.36. The van der Waals surface area contributed by atoms with Crippen LogP contribution in [-0.2, 0) is 0 Å². The Morgan fingerprint density at radius 3 is 2.61 bits per heavy atom. The van der Waals surface area contributed by atoms with Gasteiger partial charge < -0.3 is 10.2 Å². The highest BCUT2D eigenvalue weighted by Crippen LogP contribution is 2.39. The van der Waals surface area contributed by atoms with Crippen LogP contribution >= 0.6 is 0 Å². The smallest absolute Gasteiger partial charge is 0.104 e. The zero-order valence-corrected chi connectivity index (χ0v) is 19.4. The third-order valence-electron chi connectivity index (χ3n) is 7.03. The molecule has 0 saturated carbocycles. The third-order valence-corrected chi connectivity index (χ3v) is 7.03. The highest BCUT2D eigenvalue weighted by atomic mass is 19.1. The Morgan fingerprint density at radius 1 is 0.970 bits per heavy atom. The van der Waals surface area contributed by atoms with Crippen molar-refractivity contribution in [2.75, 3.05) is 16.8 Å². The van der Waals surface area contributed by atoms with Crippen molar-refractivity contribution in [3.8, 4) is 0 Å². The van der Waals surface area contributed by atoms with Crippen LogP contribution in [0.2, 0.25) is 0 Å². The van der Waals surface area contributed by atoms with Gasteiger partial charge in [-0.3, -0.25) is 0 Å². The molecule has 0 fully saturated rings. The van der Waals surface area contributed by atoms with E-state index in [1.54, 1.807) is 0 Å². The summed E-state index contributed by atoms with van der Waals surface area (Å²) in [5, 5.41) is 3.66. The number of hydrogen-bond acceptors (Lipinski definition) is 2. The van der Waals surface area contributed by atoms with Gasteiger partial charge in [-0.1, -0.05) is 66.8 Å². The molecule has 0 bridgehead atoms. The summed E-state index contributed by atoms with van der Waals surface area (Å²) in [4.78, 5) is 2.58. The highest BCUT2D eigenvalue weighted by molar-refractivity contribution is 5.86. The van der Waals surface area contributed by atoms with E-state index in [1.165, 1.54) is 28.0 Å². The average molecular weight is 441 g/mol. The summed E-state index contributed by atoms with van der Waals surface area (Å²) in [6, 6.07) is 17.6. The van der Waals surface area contributed by atoms with Gasteiger partial charge >= 0.3 is 0 Å². The van der Waals surface area contributed by atoms with E-state index in [2.05, 4.69) is 90.0 Å². The SMILES string of the molecule is C/C1=C\CCCN(C2C=CC(c3ccccc3)=CC2)c2cccc(NC3=CCC(F)CC3)c21. The van der Waals surface area contributed by atoms with Crippen molar-refractivity contribution < 1.29 is 4.39 Å². The Bertz CT molecular complexity index is 1110. The maximum absolute atomic E-state index is 13.6. The number of nitrogens with one attached hydrogen (secondary N) is 1. The van der Waals surface area contributed by atoms with E-state index in [1.807, 2.05) is 6.08 Å². The molecule has 0 aromatic heterocycles. The number of allylic oxidation sites excluding steroid dienone is 6. The predicted octanol–water partition coefficient (Wildman–Crippen LogP) is 7.92. The number of halogens is 1. The maximum atomic E-state index is 13.6. The third kappa shape index (κ3) is 4.83. The highest BCUT2D eigenvalue weighted by Gasteiger charge is 2.24. The summed E-state index contributed by atoms with van der Waals surface area (Å²) in [7, 11) is 0. The van der Waals surface area contributed by atoms with Crippen LogP contribution in [0.5, 0.6) is 0 Å². The molecule has 2 aliphatic carbocycles. The normalized spacial score (nSPS) is 24.5. The summed E-state index contributed by atoms with van der Waals surface area (Å²) in [5.74, 6) is 0. The van der Waals surface area contributed by atoms with E-state index >= 15 is 0 Å². The molecule has 170 valence electrons. The number of alkyl halides is 1. The molecule has 1 aliphatic heterocycles. The molecule has 2 unspecified atom stereocenters. The molecule has 1 N–H and O–H groups in total. The predicted molar refractivity (Wildman–Crippen MR) is 139 cm³/mol. The first kappa shape index (κ1) is 21.8. The Hall–Kier alpha value is -3.07. The van der Waals surface area contributed by atoms with Gasteiger partial charge in [0.15, 0.2) is 0 Å². The molecule has 3 aliphatic rings. The molecule has 33 heavy (non-hydrogen) atoms. The van der Waals surface area contributed by atoms with Crippen molar-refractivity contribution in [3.63, 3.8) is 0 Å². The van der Waals surface area contributed by atoms with Crippen molar-refractivity contribution in [2.45, 2.75) is 57.7 Å². The molecule has 0 saturated heterocycles. The first-order valence-electron chi connectivity index (χ1n) is 12.3. The summed E-state index contributed by atoms with van der Waals surface area (Å²) in [5.41, 5.74) is 8.76. The Balaban J connectivity index is 1.44. The fourth-order valence-corrected chi connectivity index (χ4v) is 5.22. The second-order valence-corrected chi connectivity index (χ2v) is 9.34. The average Bonchev–Trinajstić information content (AvgIpc) is 2.85. The lowest BCUT2D eigenvalue weighted by atomic mass is 9.93. The van der Waals surface area contributed by atoms with Crippen LogP contribution in [0, 0.1) is 0 Å². The quantitative estimate of drug-likeness (QED) is 0.519. The van der Waals surface area contributed by atoms with E-state index in [0.717, 1.165) is 43.6 Å². The number of fused-ring (bicyclic) bond motifs is 1. The number of nitrogens with zero attached hydrogens (tertiary/aromatic N) is 1. The lowest BCUT2D eigenvalue weighted by molar-refractivity contribution is 0.308. The van der Waals surface area contributed by atoms with Crippen molar-refractivity contribution >= 4 is 22.5 Å². The largest absolute Gasteiger partial charge is 0.364 e. The fraction of sp³-hybridized carbons (Fsp3) is 0.333. The van der Waals surface area contributed by atoms with Crippen LogP contribution in [0.15, 0.2) is 84.6 Å². The van der Waals surface area contributed by atoms with Gasteiger partial charge in [-0.25, -0.2) is 4.39 Å². The lowest BCUT2D eigenvalue weighted by Crippen LogP contribution is -2.36. The number of hydrogen-bond donors (Lipinski definition) is 1. The molecule has 2 atom stereocenters. The van der Waals surface area contributed by atoms with Crippen LogP contribution in [0.3, 0.4) is 0 Å². The van der Waals surface area contributed by atoms with Crippen LogP contribution < -0.4 is 10.2 Å². The van der Waals surface area contributed by atoms with Gasteiger partial charge in [-0.05, 0) is 74.3 Å². The zero-order valence-electron chi connectivity index (χ0n) is 19.4. The number of anilines is 2. The van der Waals surface area contributed by atoms with Gasteiger partial charge in [0.05, 0.1) is 6.04 Å². The summed E-state index contributed by atoms with van der Waals surface area (Å²) >= 11 is 0. The molecule has 0 radical (unpaired) electrons. The van der Waals surface area contributed by atoms with Crippen molar-refractivity contribution in [1.82, 2.24) is 0 Å². The van der Waals surface area contributed by atoms with E-state index < -0.39 is 6.17 Å². The van der Waals surface area contributed by atoms with Gasteiger partial charge in [0.25, 0.3) is 0 Å². The van der Waals surface area contributed by atoms with Gasteiger partial charge in [0.1, 0.15) is 6.17 Å². The summed E-state index contributed by atoms with van der Waals surface area (Å²) < 4.78 is 13.6. The Kier molecular flexibility index (Phi) is 6.48. The van der Waals surface area contributed by atoms with Gasteiger partial charge in [-0.15, -0.1) is 0 Å². The van der Waals surface area contributed by atoms with Crippen molar-refractivity contribution in [2.24, 2.45) is 0 Å². The van der Waals surface area contributed by atoms with Gasteiger partial charge in [0.2, 0.25) is 0 Å². The molecule has 3 heteroatoms. The Morgan fingerprint density at radius 2 is 1.85 bits per heavy atom. The molecule has 2 aromatic carbocycles. The zero-order chi connectivity index (χ0) is 22.6. The van der Waals surface area contributed by atoms with Crippen molar-refractivity contribution in [3.05, 3.63) is 95.7 Å². The van der Waals surface area contributed by atoms with Crippen molar-refractivity contribution in [1.29, 1.82) is 0 Å². The molecular formula is C30H33FN2. The fourth-order valence-electron chi connectivity index (χ4n) is 5.22. The minimum atomic E-state index is -0.698. The maximum Gasteiger partial charge on any atom is 0.104 e. The van der Waals surface area contributed by atoms with E-state index in [0.29, 0.717) is 18.9 Å². The molecular weight excluding hydrogens is 407 g/mol. The topological polar surface area (TPSA) is 15.3 Å². The second-order valence-electron chi connectivity index (χ2n) is 9.34. The minimum Gasteiger partial charge on any atom is -0.364 e. The van der Waals surface area contributed by atoms with Crippen LogP contribution in [0.25, 0.3) is 11.1 Å². The van der Waals surface area contributed by atoms with Crippen LogP contribution in [-0.4, -0.2) is 18.8 Å². The molecule has 0 amide bonds. The number of rotatable bonds is 4. The molecule has 2 aromatic rings. The van der Waals surface area contributed by atoms with Gasteiger partial charge in [-0.2, -0.15) is 0 Å². The number of benzene rings is 2. The molecule has 5 rings (SSSR count). The standard InChI is InChI=1S/C30H33FN2/c1-22-8-5-6-21-33(27-19-13-24(14-20-27)23-9-3-2-4-10-23)29-12-7-11-28(30(22)29)32-26-17-15-25(31)16-18-26/h2-4,7-14,17,19,25,27,32H,5-6,15-16,18,20-21H2,1H3/b22-8+. The molecule has 1 heterocycles. The monoisotopic (exact) mass is 440 g/mol. The minimum absolute atomic E-state index is 0.346. The summed E-state index contributed by atoms with van der Waals surface area (Å²) in [6.07, 6.45) is 15.9. The Labute approximate surface area is 197 Å². The van der Waals surface area contributed by atoms with Gasteiger partial charge in [0, 0.05) is 29.2 Å². The van der Waals surface area contributed by atoms with E-state index in [-0.39, 0.29) is 0 Å². The first-order valence-corrected chi connectivity index (χ1v) is 12.3. The second kappa shape index (κ2) is 9.82. The summed E-state index contributed by atoms with van der Waals surface area (Å²) in [6.45, 7) is 3.26. The molecule has 0 spiro atoms. The van der Waals surface area contributed by atoms with E-state index in [4.69, 9.17) is 0 Å².